The molecule has 1 N–H and O–H groups in total. The highest BCUT2D eigenvalue weighted by molar-refractivity contribution is 7.92. The van der Waals surface area contributed by atoms with Crippen LogP contribution in [0.3, 0.4) is 0 Å². The van der Waals surface area contributed by atoms with Crippen molar-refractivity contribution in [1.29, 1.82) is 0 Å². The lowest BCUT2D eigenvalue weighted by molar-refractivity contribution is -0.141. The lowest BCUT2D eigenvalue weighted by Crippen LogP contribution is -2.55. The quantitative estimate of drug-likeness (QED) is 0.552. The zero-order chi connectivity index (χ0) is 25.7. The van der Waals surface area contributed by atoms with Crippen LogP contribution >= 0.6 is 11.6 Å². The largest absolute Gasteiger partial charge is 0.350 e. The van der Waals surface area contributed by atoms with E-state index in [2.05, 4.69) is 5.32 Å². The smallest absolute Gasteiger partial charge is 0.244 e. The number of nitrogens with zero attached hydrogens (tertiary/aromatic N) is 2. The highest BCUT2D eigenvalue weighted by atomic mass is 35.5. The summed E-state index contributed by atoms with van der Waals surface area (Å²) in [5.41, 5.74) is 1.70. The molecule has 0 saturated carbocycles. The number of halogens is 1. The topological polar surface area (TPSA) is 86.8 Å². The summed E-state index contributed by atoms with van der Waals surface area (Å²) in [6, 6.07) is 13.1. The van der Waals surface area contributed by atoms with Crippen molar-refractivity contribution in [2.45, 2.75) is 59.2 Å². The maximum Gasteiger partial charge on any atom is 0.244 e. The molecule has 2 aromatic carbocycles. The molecule has 0 fully saturated rings. The minimum atomic E-state index is -3.78. The Morgan fingerprint density at radius 3 is 2.15 bits per heavy atom. The van der Waals surface area contributed by atoms with Crippen LogP contribution in [0.25, 0.3) is 0 Å². The Kier molecular flexibility index (Phi) is 9.14. The van der Waals surface area contributed by atoms with Crippen LogP contribution in [-0.2, 0) is 26.2 Å². The van der Waals surface area contributed by atoms with Gasteiger partial charge in [-0.15, -0.1) is 0 Å². The monoisotopic (exact) mass is 507 g/mol. The maximum absolute atomic E-state index is 13.6. The molecule has 0 unspecified atom stereocenters. The van der Waals surface area contributed by atoms with Gasteiger partial charge in [0, 0.05) is 17.1 Å². The van der Waals surface area contributed by atoms with Gasteiger partial charge in [0.25, 0.3) is 0 Å². The Bertz CT molecular complexity index is 1110. The maximum atomic E-state index is 13.6. The molecule has 186 valence electrons. The Balaban J connectivity index is 2.46. The van der Waals surface area contributed by atoms with Gasteiger partial charge in [-0.2, -0.15) is 0 Å². The van der Waals surface area contributed by atoms with Crippen molar-refractivity contribution >= 4 is 39.1 Å². The van der Waals surface area contributed by atoms with Crippen LogP contribution in [0.15, 0.2) is 48.5 Å². The van der Waals surface area contributed by atoms with E-state index >= 15 is 0 Å². The molecule has 0 aliphatic carbocycles. The number of aryl methyl sites for hydroxylation is 1. The van der Waals surface area contributed by atoms with Gasteiger partial charge in [-0.1, -0.05) is 42.8 Å². The first-order valence-corrected chi connectivity index (χ1v) is 13.3. The second-order valence-corrected chi connectivity index (χ2v) is 11.7. The predicted octanol–water partition coefficient (Wildman–Crippen LogP) is 4.14. The number of carbonyl (C=O) groups is 2. The molecule has 0 spiro atoms. The Labute approximate surface area is 208 Å². The number of hydrogen-bond donors (Lipinski definition) is 1. The van der Waals surface area contributed by atoms with Gasteiger partial charge in [-0.25, -0.2) is 8.42 Å². The van der Waals surface area contributed by atoms with Crippen LogP contribution in [0, 0.1) is 6.92 Å². The number of nitrogens with one attached hydrogen (secondary N) is 1. The van der Waals surface area contributed by atoms with E-state index in [0.29, 0.717) is 17.1 Å². The SMILES string of the molecule is CC[C@H](C(=O)NC(C)(C)C)N(Cc1ccccc1C)C(=O)CN(c1ccc(Cl)cc1)S(C)(=O)=O. The van der Waals surface area contributed by atoms with E-state index in [4.69, 9.17) is 11.6 Å². The van der Waals surface area contributed by atoms with E-state index in [-0.39, 0.29) is 12.5 Å². The zero-order valence-electron chi connectivity index (χ0n) is 20.6. The third-order valence-corrected chi connectivity index (χ3v) is 6.67. The number of sulfonamides is 1. The van der Waals surface area contributed by atoms with Crippen LogP contribution < -0.4 is 9.62 Å². The summed E-state index contributed by atoms with van der Waals surface area (Å²) >= 11 is 5.95. The number of benzene rings is 2. The molecule has 0 aliphatic rings. The predicted molar refractivity (Wildman–Crippen MR) is 137 cm³/mol. The number of hydrogen-bond acceptors (Lipinski definition) is 4. The van der Waals surface area contributed by atoms with Crippen molar-refractivity contribution in [3.63, 3.8) is 0 Å². The molecule has 34 heavy (non-hydrogen) atoms. The summed E-state index contributed by atoms with van der Waals surface area (Å²) in [6.45, 7) is 9.12. The van der Waals surface area contributed by atoms with Crippen molar-refractivity contribution in [3.8, 4) is 0 Å². The fourth-order valence-electron chi connectivity index (χ4n) is 3.56. The lowest BCUT2D eigenvalue weighted by Gasteiger charge is -2.34. The standard InChI is InChI=1S/C25H34ClN3O4S/c1-7-22(24(31)27-25(3,4)5)28(16-19-11-9-8-10-18(19)2)23(30)17-29(34(6,32)33)21-14-12-20(26)13-15-21/h8-15,22H,7,16-17H2,1-6H3,(H,27,31)/t22-/m1/s1. The normalized spacial score (nSPS) is 12.7. The number of rotatable bonds is 9. The van der Waals surface area contributed by atoms with E-state index in [1.165, 1.54) is 4.90 Å². The Morgan fingerprint density at radius 1 is 1.06 bits per heavy atom. The van der Waals surface area contributed by atoms with E-state index < -0.39 is 34.1 Å². The van der Waals surface area contributed by atoms with E-state index in [0.717, 1.165) is 21.7 Å². The van der Waals surface area contributed by atoms with Crippen LogP contribution in [-0.4, -0.2) is 49.5 Å². The molecule has 0 heterocycles. The highest BCUT2D eigenvalue weighted by Crippen LogP contribution is 2.22. The minimum absolute atomic E-state index is 0.180. The molecule has 0 aromatic heterocycles. The molecule has 0 saturated heterocycles. The van der Waals surface area contributed by atoms with E-state index in [9.17, 15) is 18.0 Å². The summed E-state index contributed by atoms with van der Waals surface area (Å²) in [7, 11) is -3.78. The van der Waals surface area contributed by atoms with Gasteiger partial charge in [0.2, 0.25) is 21.8 Å². The molecule has 1 atom stereocenters. The van der Waals surface area contributed by atoms with Gasteiger partial charge in [0.1, 0.15) is 12.6 Å². The van der Waals surface area contributed by atoms with Crippen molar-refractivity contribution < 1.29 is 18.0 Å². The van der Waals surface area contributed by atoms with Crippen molar-refractivity contribution in [3.05, 3.63) is 64.7 Å². The molecule has 7 nitrogen and oxygen atoms in total. The van der Waals surface area contributed by atoms with Gasteiger partial charge in [0.05, 0.1) is 11.9 Å². The Hall–Kier alpha value is -2.58. The summed E-state index contributed by atoms with van der Waals surface area (Å²) in [6.07, 6.45) is 1.42. The average molecular weight is 508 g/mol. The molecule has 2 rings (SSSR count). The number of anilines is 1. The summed E-state index contributed by atoms with van der Waals surface area (Å²) < 4.78 is 26.2. The summed E-state index contributed by atoms with van der Waals surface area (Å²) in [5, 5.41) is 3.40. The van der Waals surface area contributed by atoms with Crippen LogP contribution in [0.4, 0.5) is 5.69 Å². The molecule has 0 aliphatic heterocycles. The molecule has 2 aromatic rings. The summed E-state index contributed by atoms with van der Waals surface area (Å²) in [4.78, 5) is 28.3. The molecular formula is C25H34ClN3O4S. The third-order valence-electron chi connectivity index (χ3n) is 5.28. The summed E-state index contributed by atoms with van der Waals surface area (Å²) in [5.74, 6) is -0.756. The van der Waals surface area contributed by atoms with Crippen molar-refractivity contribution in [2.24, 2.45) is 0 Å². The van der Waals surface area contributed by atoms with Gasteiger partial charge in [-0.05, 0) is 69.5 Å². The van der Waals surface area contributed by atoms with Crippen molar-refractivity contribution in [1.82, 2.24) is 10.2 Å². The van der Waals surface area contributed by atoms with Crippen molar-refractivity contribution in [2.75, 3.05) is 17.1 Å². The number of carbonyl (C=O) groups excluding carboxylic acids is 2. The third kappa shape index (κ3) is 7.74. The second-order valence-electron chi connectivity index (χ2n) is 9.36. The molecule has 0 bridgehead atoms. The lowest BCUT2D eigenvalue weighted by atomic mass is 10.0. The van der Waals surface area contributed by atoms with Gasteiger partial charge >= 0.3 is 0 Å². The number of amides is 2. The van der Waals surface area contributed by atoms with Crippen LogP contribution in [0.5, 0.6) is 0 Å². The first kappa shape index (κ1) is 27.7. The molecule has 2 amide bonds. The fraction of sp³-hybridized carbons (Fsp3) is 0.440. The zero-order valence-corrected chi connectivity index (χ0v) is 22.2. The van der Waals surface area contributed by atoms with Gasteiger partial charge < -0.3 is 10.2 Å². The molecular weight excluding hydrogens is 474 g/mol. The van der Waals surface area contributed by atoms with Crippen LogP contribution in [0.1, 0.15) is 45.2 Å². The minimum Gasteiger partial charge on any atom is -0.350 e. The highest BCUT2D eigenvalue weighted by Gasteiger charge is 2.33. The first-order chi connectivity index (χ1) is 15.7. The molecule has 9 heteroatoms. The fourth-order valence-corrected chi connectivity index (χ4v) is 4.54. The van der Waals surface area contributed by atoms with Crippen LogP contribution in [0.2, 0.25) is 5.02 Å². The van der Waals surface area contributed by atoms with Gasteiger partial charge in [-0.3, -0.25) is 13.9 Å². The first-order valence-electron chi connectivity index (χ1n) is 11.1. The second kappa shape index (κ2) is 11.2. The molecule has 0 radical (unpaired) electrons. The average Bonchev–Trinajstić information content (AvgIpc) is 2.71. The van der Waals surface area contributed by atoms with Gasteiger partial charge in [0.15, 0.2) is 0 Å². The van der Waals surface area contributed by atoms with E-state index in [1.54, 1.807) is 24.3 Å². The Morgan fingerprint density at radius 2 is 1.65 bits per heavy atom. The van der Waals surface area contributed by atoms with E-state index in [1.807, 2.05) is 58.9 Å².